The van der Waals surface area contributed by atoms with E-state index in [9.17, 15) is 4.79 Å². The first kappa shape index (κ1) is 16.7. The van der Waals surface area contributed by atoms with E-state index in [0.29, 0.717) is 0 Å². The normalized spacial score (nSPS) is 22.3. The fourth-order valence-corrected chi connectivity index (χ4v) is 3.03. The molecular weight excluding hydrogens is 274 g/mol. The number of nitrogens with two attached hydrogens (primary N) is 1. The summed E-state index contributed by atoms with van der Waals surface area (Å²) in [5.41, 5.74) is 7.26. The van der Waals surface area contributed by atoms with E-state index in [0.717, 1.165) is 32.6 Å². The summed E-state index contributed by atoms with van der Waals surface area (Å²) in [5, 5.41) is 0. The minimum absolute atomic E-state index is 0.0738. The molecule has 1 aliphatic rings. The number of hydrogen-bond acceptors (Lipinski definition) is 3. The maximum atomic E-state index is 12.6. The van der Waals surface area contributed by atoms with Crippen LogP contribution in [0.5, 0.6) is 0 Å². The van der Waals surface area contributed by atoms with Crippen LogP contribution >= 0.6 is 0 Å². The first-order valence-electron chi connectivity index (χ1n) is 8.15. The second-order valence-electron chi connectivity index (χ2n) is 5.79. The molecule has 1 amide bonds. The zero-order valence-corrected chi connectivity index (χ0v) is 13.6. The Labute approximate surface area is 133 Å². The maximum Gasteiger partial charge on any atom is 0.239 e. The van der Waals surface area contributed by atoms with Crippen molar-refractivity contribution in [2.24, 2.45) is 5.73 Å². The number of likely N-dealkylation sites (N-methyl/N-ethyl adjacent to an activating group) is 1. The van der Waals surface area contributed by atoms with Gasteiger partial charge in [0.1, 0.15) is 0 Å². The van der Waals surface area contributed by atoms with Gasteiger partial charge in [-0.3, -0.25) is 9.69 Å². The van der Waals surface area contributed by atoms with Gasteiger partial charge in [0, 0.05) is 32.2 Å². The number of rotatable bonds is 6. The molecule has 0 saturated carbocycles. The van der Waals surface area contributed by atoms with Crippen molar-refractivity contribution in [1.29, 1.82) is 0 Å². The van der Waals surface area contributed by atoms with E-state index in [4.69, 9.17) is 5.73 Å². The second-order valence-corrected chi connectivity index (χ2v) is 5.79. The summed E-state index contributed by atoms with van der Waals surface area (Å²) in [6, 6.07) is 10.2. The molecule has 0 unspecified atom stereocenters. The van der Waals surface area contributed by atoms with Crippen LogP contribution in [0.2, 0.25) is 0 Å². The molecule has 120 valence electrons. The van der Waals surface area contributed by atoms with E-state index in [1.165, 1.54) is 5.56 Å². The van der Waals surface area contributed by atoms with E-state index in [-0.39, 0.29) is 18.0 Å². The molecule has 0 radical (unpaired) electrons. The number of carbonyl (C=O) groups is 1. The van der Waals surface area contributed by atoms with Crippen LogP contribution in [0.15, 0.2) is 36.4 Å². The Morgan fingerprint density at radius 1 is 1.32 bits per heavy atom. The molecular formula is C18H27N3O. The average molecular weight is 301 g/mol. The molecule has 1 fully saturated rings. The fourth-order valence-electron chi connectivity index (χ4n) is 3.03. The van der Waals surface area contributed by atoms with Crippen LogP contribution in [0.25, 0.3) is 6.08 Å². The Balaban J connectivity index is 1.99. The molecule has 0 bridgehead atoms. The van der Waals surface area contributed by atoms with Crippen LogP contribution in [0.1, 0.15) is 25.8 Å². The quantitative estimate of drug-likeness (QED) is 0.874. The lowest BCUT2D eigenvalue weighted by Gasteiger charge is -2.28. The largest absolute Gasteiger partial charge is 0.342 e. The Morgan fingerprint density at radius 2 is 2.00 bits per heavy atom. The van der Waals surface area contributed by atoms with Gasteiger partial charge in [-0.15, -0.1) is 0 Å². The zero-order chi connectivity index (χ0) is 15.9. The minimum Gasteiger partial charge on any atom is -0.342 e. The molecule has 1 aromatic carbocycles. The van der Waals surface area contributed by atoms with Crippen LogP contribution < -0.4 is 5.73 Å². The van der Waals surface area contributed by atoms with E-state index in [1.807, 2.05) is 36.9 Å². The van der Waals surface area contributed by atoms with Crippen molar-refractivity contribution < 1.29 is 4.79 Å². The monoisotopic (exact) mass is 301 g/mol. The molecule has 1 aliphatic heterocycles. The SMILES string of the molecule is CCN(CC)C(=O)[C@@H]1C[C@H](N)CN1CC=Cc1ccccc1. The number of amides is 1. The fraction of sp³-hybridized carbons (Fsp3) is 0.500. The molecule has 4 heteroatoms. The third-order valence-corrected chi connectivity index (χ3v) is 4.25. The molecule has 2 rings (SSSR count). The van der Waals surface area contributed by atoms with Gasteiger partial charge in [-0.25, -0.2) is 0 Å². The van der Waals surface area contributed by atoms with Gasteiger partial charge in [-0.05, 0) is 25.8 Å². The van der Waals surface area contributed by atoms with Crippen molar-refractivity contribution >= 4 is 12.0 Å². The van der Waals surface area contributed by atoms with Gasteiger partial charge in [0.05, 0.1) is 6.04 Å². The molecule has 1 heterocycles. The first-order chi connectivity index (χ1) is 10.7. The molecule has 2 N–H and O–H groups in total. The Morgan fingerprint density at radius 3 is 2.64 bits per heavy atom. The summed E-state index contributed by atoms with van der Waals surface area (Å²) < 4.78 is 0. The summed E-state index contributed by atoms with van der Waals surface area (Å²) in [6.45, 7) is 7.12. The predicted molar refractivity (Wildman–Crippen MR) is 91.4 cm³/mol. The van der Waals surface area contributed by atoms with E-state index in [2.05, 4.69) is 29.2 Å². The number of likely N-dealkylation sites (tertiary alicyclic amines) is 1. The lowest BCUT2D eigenvalue weighted by molar-refractivity contribution is -0.135. The van der Waals surface area contributed by atoms with Crippen molar-refractivity contribution in [1.82, 2.24) is 9.80 Å². The number of benzene rings is 1. The van der Waals surface area contributed by atoms with Gasteiger partial charge in [0.2, 0.25) is 5.91 Å². The van der Waals surface area contributed by atoms with Crippen LogP contribution in [-0.2, 0) is 4.79 Å². The topological polar surface area (TPSA) is 49.6 Å². The summed E-state index contributed by atoms with van der Waals surface area (Å²) in [5.74, 6) is 0.214. The standard InChI is InChI=1S/C18H27N3O/c1-3-20(4-2)18(22)17-13-16(19)14-21(17)12-8-11-15-9-6-5-7-10-15/h5-11,16-17H,3-4,12-14,19H2,1-2H3/t16-,17-/m0/s1. The van der Waals surface area contributed by atoms with Crippen LogP contribution in [-0.4, -0.2) is 54.0 Å². The minimum atomic E-state index is -0.0738. The molecule has 2 atom stereocenters. The Bertz CT molecular complexity index is 496. The van der Waals surface area contributed by atoms with Gasteiger partial charge in [0.15, 0.2) is 0 Å². The van der Waals surface area contributed by atoms with Gasteiger partial charge in [-0.1, -0.05) is 42.5 Å². The number of hydrogen-bond donors (Lipinski definition) is 1. The average Bonchev–Trinajstić information content (AvgIpc) is 2.90. The first-order valence-corrected chi connectivity index (χ1v) is 8.15. The van der Waals surface area contributed by atoms with E-state index < -0.39 is 0 Å². The highest BCUT2D eigenvalue weighted by Gasteiger charge is 2.36. The highest BCUT2D eigenvalue weighted by Crippen LogP contribution is 2.19. The Hall–Kier alpha value is -1.65. The summed E-state index contributed by atoms with van der Waals surface area (Å²) in [6.07, 6.45) is 4.98. The predicted octanol–water partition coefficient (Wildman–Crippen LogP) is 1.97. The molecule has 22 heavy (non-hydrogen) atoms. The van der Waals surface area contributed by atoms with Crippen LogP contribution in [0, 0.1) is 0 Å². The van der Waals surface area contributed by atoms with Crippen molar-refractivity contribution in [2.75, 3.05) is 26.2 Å². The number of carbonyl (C=O) groups excluding carboxylic acids is 1. The van der Waals surface area contributed by atoms with E-state index >= 15 is 0 Å². The summed E-state index contributed by atoms with van der Waals surface area (Å²) in [7, 11) is 0. The highest BCUT2D eigenvalue weighted by atomic mass is 16.2. The smallest absolute Gasteiger partial charge is 0.239 e. The van der Waals surface area contributed by atoms with Crippen molar-refractivity contribution in [2.45, 2.75) is 32.4 Å². The van der Waals surface area contributed by atoms with Gasteiger partial charge in [-0.2, -0.15) is 0 Å². The second kappa shape index (κ2) is 8.11. The highest BCUT2D eigenvalue weighted by molar-refractivity contribution is 5.82. The maximum absolute atomic E-state index is 12.6. The molecule has 4 nitrogen and oxygen atoms in total. The van der Waals surface area contributed by atoms with E-state index in [1.54, 1.807) is 0 Å². The van der Waals surface area contributed by atoms with Crippen molar-refractivity contribution in [3.05, 3.63) is 42.0 Å². The summed E-state index contributed by atoms with van der Waals surface area (Å²) >= 11 is 0. The lowest BCUT2D eigenvalue weighted by Crippen LogP contribution is -2.45. The van der Waals surface area contributed by atoms with Crippen molar-refractivity contribution in [3.63, 3.8) is 0 Å². The molecule has 0 aliphatic carbocycles. The van der Waals surface area contributed by atoms with Gasteiger partial charge in [0.25, 0.3) is 0 Å². The van der Waals surface area contributed by atoms with Gasteiger partial charge < -0.3 is 10.6 Å². The Kier molecular flexibility index (Phi) is 6.16. The van der Waals surface area contributed by atoms with Crippen LogP contribution in [0.3, 0.4) is 0 Å². The molecule has 0 spiro atoms. The lowest BCUT2D eigenvalue weighted by atomic mass is 10.1. The van der Waals surface area contributed by atoms with Crippen LogP contribution in [0.4, 0.5) is 0 Å². The third kappa shape index (κ3) is 4.18. The number of nitrogens with zero attached hydrogens (tertiary/aromatic N) is 2. The third-order valence-electron chi connectivity index (χ3n) is 4.25. The molecule has 1 aromatic rings. The molecule has 1 saturated heterocycles. The summed E-state index contributed by atoms with van der Waals surface area (Å²) in [4.78, 5) is 16.7. The molecule has 0 aromatic heterocycles. The van der Waals surface area contributed by atoms with Gasteiger partial charge >= 0.3 is 0 Å². The van der Waals surface area contributed by atoms with Crippen molar-refractivity contribution in [3.8, 4) is 0 Å². The zero-order valence-electron chi connectivity index (χ0n) is 13.6.